The van der Waals surface area contributed by atoms with Crippen molar-refractivity contribution in [2.24, 2.45) is 0 Å². The minimum Gasteiger partial charge on any atom is -0.478 e. The third-order valence-electron chi connectivity index (χ3n) is 4.77. The zero-order valence-corrected chi connectivity index (χ0v) is 17.0. The van der Waals surface area contributed by atoms with Crippen molar-refractivity contribution in [2.45, 2.75) is 6.54 Å². The first-order valence-electron chi connectivity index (χ1n) is 8.87. The average molecular weight is 450 g/mol. The van der Waals surface area contributed by atoms with Gasteiger partial charge >= 0.3 is 12.0 Å². The van der Waals surface area contributed by atoms with Gasteiger partial charge in [0.25, 0.3) is 0 Å². The summed E-state index contributed by atoms with van der Waals surface area (Å²) < 4.78 is 15.4. The van der Waals surface area contributed by atoms with E-state index in [9.17, 15) is 14.0 Å². The van der Waals surface area contributed by atoms with Crippen LogP contribution in [0, 0.1) is 5.82 Å². The van der Waals surface area contributed by atoms with Gasteiger partial charge < -0.3 is 14.9 Å². The zero-order valence-electron chi connectivity index (χ0n) is 15.4. The molecule has 0 bridgehead atoms. The molecule has 3 rings (SSSR count). The van der Waals surface area contributed by atoms with Gasteiger partial charge in [0.1, 0.15) is 5.82 Å². The smallest absolute Gasteiger partial charge is 0.335 e. The molecule has 148 valence electrons. The third-order valence-corrected chi connectivity index (χ3v) is 5.30. The van der Waals surface area contributed by atoms with Crippen LogP contribution in [0.5, 0.6) is 0 Å². The highest BCUT2D eigenvalue weighted by atomic mass is 79.9. The maximum Gasteiger partial charge on any atom is 0.335 e. The van der Waals surface area contributed by atoms with Gasteiger partial charge in [0.15, 0.2) is 0 Å². The van der Waals surface area contributed by atoms with E-state index in [4.69, 9.17) is 5.11 Å². The van der Waals surface area contributed by atoms with Gasteiger partial charge in [-0.05, 0) is 43.4 Å². The second-order valence-electron chi connectivity index (χ2n) is 6.75. The first-order chi connectivity index (χ1) is 13.3. The molecule has 0 atom stereocenters. The number of piperazine rings is 1. The van der Waals surface area contributed by atoms with Gasteiger partial charge in [0, 0.05) is 41.9 Å². The highest BCUT2D eigenvalue weighted by molar-refractivity contribution is 9.10. The quantitative estimate of drug-likeness (QED) is 0.773. The number of benzene rings is 2. The van der Waals surface area contributed by atoms with Gasteiger partial charge in [-0.25, -0.2) is 14.0 Å². The minimum atomic E-state index is -1.19. The van der Waals surface area contributed by atoms with E-state index in [1.54, 1.807) is 17.0 Å². The molecule has 2 aromatic carbocycles. The van der Waals surface area contributed by atoms with Gasteiger partial charge in [-0.2, -0.15) is 0 Å². The lowest BCUT2D eigenvalue weighted by Gasteiger charge is -2.36. The molecule has 0 aliphatic carbocycles. The van der Waals surface area contributed by atoms with Crippen molar-refractivity contribution in [1.29, 1.82) is 0 Å². The van der Waals surface area contributed by atoms with Crippen molar-refractivity contribution < 1.29 is 19.1 Å². The number of halogens is 2. The Morgan fingerprint density at radius 2 is 1.75 bits per heavy atom. The second kappa shape index (κ2) is 8.70. The molecule has 2 amide bonds. The summed E-state index contributed by atoms with van der Waals surface area (Å²) in [5.41, 5.74) is 0.783. The zero-order chi connectivity index (χ0) is 20.3. The van der Waals surface area contributed by atoms with E-state index < -0.39 is 11.8 Å². The van der Waals surface area contributed by atoms with Crippen LogP contribution in [-0.2, 0) is 6.54 Å². The molecule has 1 fully saturated rings. The first kappa shape index (κ1) is 20.3. The molecule has 0 spiro atoms. The number of aromatic carboxylic acids is 1. The van der Waals surface area contributed by atoms with E-state index in [1.165, 1.54) is 17.0 Å². The van der Waals surface area contributed by atoms with Crippen LogP contribution in [0.25, 0.3) is 0 Å². The lowest BCUT2D eigenvalue weighted by molar-refractivity contribution is 0.0696. The Bertz CT molecular complexity index is 867. The molecule has 1 aliphatic heterocycles. The number of carboxylic acid groups (broad SMARTS) is 1. The Balaban J connectivity index is 1.89. The highest BCUT2D eigenvalue weighted by Crippen LogP contribution is 2.24. The van der Waals surface area contributed by atoms with Gasteiger partial charge in [-0.1, -0.05) is 22.0 Å². The molecule has 0 radical (unpaired) electrons. The summed E-state index contributed by atoms with van der Waals surface area (Å²) in [6.45, 7) is 2.77. The van der Waals surface area contributed by atoms with Gasteiger partial charge in [0.05, 0.1) is 12.1 Å². The predicted octanol–water partition coefficient (Wildman–Crippen LogP) is 3.66. The van der Waals surface area contributed by atoms with Crippen LogP contribution in [0.1, 0.15) is 15.9 Å². The Morgan fingerprint density at radius 1 is 1.11 bits per heavy atom. The molecule has 1 aliphatic rings. The Labute approximate surface area is 171 Å². The molecule has 1 heterocycles. The topological polar surface area (TPSA) is 64.1 Å². The standard InChI is InChI=1S/C20H21BrFN3O3/c1-23-8-10-24(11-9-23)20(28)25(17-6-4-16(21)5-7-17)13-15-3-2-14(19(26)27)12-18(15)22/h2-7,12H,8-11,13H2,1H3,(H,26,27). The summed E-state index contributed by atoms with van der Waals surface area (Å²) in [5, 5.41) is 9.02. The molecular formula is C20H21BrFN3O3. The molecule has 6 nitrogen and oxygen atoms in total. The molecular weight excluding hydrogens is 429 g/mol. The van der Waals surface area contributed by atoms with Crippen molar-refractivity contribution in [1.82, 2.24) is 9.80 Å². The highest BCUT2D eigenvalue weighted by Gasteiger charge is 2.26. The molecule has 1 saturated heterocycles. The molecule has 28 heavy (non-hydrogen) atoms. The third kappa shape index (κ3) is 4.69. The molecule has 1 N–H and O–H groups in total. The number of carbonyl (C=O) groups excluding carboxylic acids is 1. The Morgan fingerprint density at radius 3 is 2.32 bits per heavy atom. The van der Waals surface area contributed by atoms with Crippen LogP contribution in [0.4, 0.5) is 14.9 Å². The average Bonchev–Trinajstić information content (AvgIpc) is 2.68. The Kier molecular flexibility index (Phi) is 6.31. The number of amides is 2. The number of urea groups is 1. The summed E-state index contributed by atoms with van der Waals surface area (Å²) in [5.74, 6) is -1.84. The summed E-state index contributed by atoms with van der Waals surface area (Å²) >= 11 is 3.38. The van der Waals surface area contributed by atoms with E-state index in [-0.39, 0.29) is 23.7 Å². The number of hydrogen-bond acceptors (Lipinski definition) is 3. The maximum atomic E-state index is 14.5. The summed E-state index contributed by atoms with van der Waals surface area (Å²) in [6, 6.07) is 10.8. The van der Waals surface area contributed by atoms with Gasteiger partial charge in [-0.15, -0.1) is 0 Å². The van der Waals surface area contributed by atoms with Crippen molar-refractivity contribution in [3.8, 4) is 0 Å². The number of hydrogen-bond donors (Lipinski definition) is 1. The van der Waals surface area contributed by atoms with Crippen molar-refractivity contribution >= 4 is 33.6 Å². The maximum absolute atomic E-state index is 14.5. The second-order valence-corrected chi connectivity index (χ2v) is 7.66. The molecule has 0 saturated carbocycles. The van der Waals surface area contributed by atoms with E-state index in [2.05, 4.69) is 20.8 Å². The summed E-state index contributed by atoms with van der Waals surface area (Å²) in [7, 11) is 2.01. The fourth-order valence-corrected chi connectivity index (χ4v) is 3.30. The lowest BCUT2D eigenvalue weighted by Crippen LogP contribution is -2.52. The predicted molar refractivity (Wildman–Crippen MR) is 108 cm³/mol. The van der Waals surface area contributed by atoms with Crippen LogP contribution < -0.4 is 4.90 Å². The number of rotatable bonds is 4. The summed E-state index contributed by atoms with van der Waals surface area (Å²) in [4.78, 5) is 29.7. The van der Waals surface area contributed by atoms with E-state index in [0.717, 1.165) is 23.6 Å². The molecule has 2 aromatic rings. The van der Waals surface area contributed by atoms with Crippen LogP contribution >= 0.6 is 15.9 Å². The van der Waals surface area contributed by atoms with Crippen LogP contribution in [0.2, 0.25) is 0 Å². The molecule has 0 aromatic heterocycles. The number of nitrogens with zero attached hydrogens (tertiary/aromatic N) is 3. The van der Waals surface area contributed by atoms with E-state index in [0.29, 0.717) is 18.8 Å². The largest absolute Gasteiger partial charge is 0.478 e. The molecule has 8 heteroatoms. The van der Waals surface area contributed by atoms with Gasteiger partial charge in [0.2, 0.25) is 0 Å². The monoisotopic (exact) mass is 449 g/mol. The lowest BCUT2D eigenvalue weighted by atomic mass is 10.1. The SMILES string of the molecule is CN1CCN(C(=O)N(Cc2ccc(C(=O)O)cc2F)c2ccc(Br)cc2)CC1. The first-order valence-corrected chi connectivity index (χ1v) is 9.66. The normalized spacial score (nSPS) is 14.8. The van der Waals surface area contributed by atoms with Crippen molar-refractivity contribution in [3.05, 3.63) is 63.9 Å². The number of carbonyl (C=O) groups is 2. The van der Waals surface area contributed by atoms with Crippen LogP contribution in [0.15, 0.2) is 46.9 Å². The van der Waals surface area contributed by atoms with E-state index in [1.807, 2.05) is 19.2 Å². The number of likely N-dealkylation sites (N-methyl/N-ethyl adjacent to an activating group) is 1. The Hall–Kier alpha value is -2.45. The van der Waals surface area contributed by atoms with Crippen molar-refractivity contribution in [2.75, 3.05) is 38.1 Å². The van der Waals surface area contributed by atoms with Crippen LogP contribution in [-0.4, -0.2) is 60.1 Å². The van der Waals surface area contributed by atoms with Crippen LogP contribution in [0.3, 0.4) is 0 Å². The van der Waals surface area contributed by atoms with E-state index >= 15 is 0 Å². The fourth-order valence-electron chi connectivity index (χ4n) is 3.04. The number of carboxylic acids is 1. The van der Waals surface area contributed by atoms with Crippen molar-refractivity contribution in [3.63, 3.8) is 0 Å². The number of anilines is 1. The van der Waals surface area contributed by atoms with Gasteiger partial charge in [-0.3, -0.25) is 4.90 Å². The summed E-state index contributed by atoms with van der Waals surface area (Å²) in [6.07, 6.45) is 0. The molecule has 0 unspecified atom stereocenters. The minimum absolute atomic E-state index is 0.0124. The fraction of sp³-hybridized carbons (Fsp3) is 0.300.